The van der Waals surface area contributed by atoms with Crippen molar-refractivity contribution in [3.05, 3.63) is 29.6 Å². The summed E-state index contributed by atoms with van der Waals surface area (Å²) in [5.74, 6) is -0.329. The van der Waals surface area contributed by atoms with Gasteiger partial charge in [0.05, 0.1) is 5.69 Å². The lowest BCUT2D eigenvalue weighted by Gasteiger charge is -2.36. The quantitative estimate of drug-likeness (QED) is 0.838. The standard InChI is InChI=1S/C13H18FN3O/c1-9-13(18)16-6-7-17(9)12-10(8-15-2)4-3-5-11(12)14/h3-5,9,15H,6-8H2,1-2H3,(H,16,18). The van der Waals surface area contributed by atoms with Crippen molar-refractivity contribution in [2.75, 3.05) is 25.0 Å². The van der Waals surface area contributed by atoms with Gasteiger partial charge in [-0.3, -0.25) is 4.79 Å². The molecule has 1 aliphatic rings. The molecule has 18 heavy (non-hydrogen) atoms. The van der Waals surface area contributed by atoms with Gasteiger partial charge in [-0.15, -0.1) is 0 Å². The molecule has 4 nitrogen and oxygen atoms in total. The number of anilines is 1. The van der Waals surface area contributed by atoms with E-state index in [1.165, 1.54) is 6.07 Å². The minimum atomic E-state index is -0.341. The average molecular weight is 251 g/mol. The molecule has 2 N–H and O–H groups in total. The molecule has 2 rings (SSSR count). The Labute approximate surface area is 106 Å². The van der Waals surface area contributed by atoms with Crippen LogP contribution in [0.4, 0.5) is 10.1 Å². The number of nitrogens with zero attached hydrogens (tertiary/aromatic N) is 1. The highest BCUT2D eigenvalue weighted by atomic mass is 19.1. The first-order valence-corrected chi connectivity index (χ1v) is 6.11. The molecule has 1 atom stereocenters. The zero-order chi connectivity index (χ0) is 13.1. The molecule has 98 valence electrons. The molecule has 0 bridgehead atoms. The van der Waals surface area contributed by atoms with Crippen LogP contribution in [0.25, 0.3) is 0 Å². The van der Waals surface area contributed by atoms with E-state index in [0.717, 1.165) is 5.56 Å². The van der Waals surface area contributed by atoms with Gasteiger partial charge in [0, 0.05) is 19.6 Å². The number of halogens is 1. The number of hydrogen-bond acceptors (Lipinski definition) is 3. The highest BCUT2D eigenvalue weighted by Gasteiger charge is 2.28. The molecule has 0 saturated carbocycles. The van der Waals surface area contributed by atoms with E-state index in [4.69, 9.17) is 0 Å². The number of carbonyl (C=O) groups is 1. The van der Waals surface area contributed by atoms with E-state index in [1.807, 2.05) is 18.0 Å². The predicted molar refractivity (Wildman–Crippen MR) is 69.0 cm³/mol. The van der Waals surface area contributed by atoms with E-state index >= 15 is 0 Å². The number of amides is 1. The number of rotatable bonds is 3. The van der Waals surface area contributed by atoms with Crippen LogP contribution < -0.4 is 15.5 Å². The third kappa shape index (κ3) is 2.31. The highest BCUT2D eigenvalue weighted by Crippen LogP contribution is 2.27. The van der Waals surface area contributed by atoms with Gasteiger partial charge in [-0.05, 0) is 25.6 Å². The van der Waals surface area contributed by atoms with Crippen LogP contribution in [0, 0.1) is 5.82 Å². The summed E-state index contributed by atoms with van der Waals surface area (Å²) in [6.45, 7) is 3.56. The number of para-hydroxylation sites is 1. The Kier molecular flexibility index (Phi) is 3.81. The second-order valence-corrected chi connectivity index (χ2v) is 4.44. The normalized spacial score (nSPS) is 19.8. The van der Waals surface area contributed by atoms with E-state index in [2.05, 4.69) is 10.6 Å². The van der Waals surface area contributed by atoms with Crippen molar-refractivity contribution >= 4 is 11.6 Å². The fraction of sp³-hybridized carbons (Fsp3) is 0.462. The Morgan fingerprint density at radius 2 is 2.33 bits per heavy atom. The number of piperazine rings is 1. The minimum Gasteiger partial charge on any atom is -0.355 e. The monoisotopic (exact) mass is 251 g/mol. The summed E-state index contributed by atoms with van der Waals surface area (Å²) in [7, 11) is 1.82. The molecular weight excluding hydrogens is 233 g/mol. The Morgan fingerprint density at radius 1 is 1.56 bits per heavy atom. The van der Waals surface area contributed by atoms with Crippen LogP contribution in [0.2, 0.25) is 0 Å². The maximum Gasteiger partial charge on any atom is 0.242 e. The van der Waals surface area contributed by atoms with Gasteiger partial charge >= 0.3 is 0 Å². The van der Waals surface area contributed by atoms with Crippen molar-refractivity contribution in [1.82, 2.24) is 10.6 Å². The SMILES string of the molecule is CNCc1cccc(F)c1N1CCNC(=O)C1C. The highest BCUT2D eigenvalue weighted by molar-refractivity contribution is 5.86. The Balaban J connectivity index is 2.39. The molecule has 0 radical (unpaired) electrons. The first-order valence-electron chi connectivity index (χ1n) is 6.11. The molecule has 1 saturated heterocycles. The summed E-state index contributed by atoms with van der Waals surface area (Å²) in [4.78, 5) is 13.5. The summed E-state index contributed by atoms with van der Waals surface area (Å²) in [5, 5.41) is 5.81. The lowest BCUT2D eigenvalue weighted by atomic mass is 10.1. The van der Waals surface area contributed by atoms with Crippen molar-refractivity contribution in [1.29, 1.82) is 0 Å². The van der Waals surface area contributed by atoms with Gasteiger partial charge in [-0.1, -0.05) is 12.1 Å². The van der Waals surface area contributed by atoms with Gasteiger partial charge in [-0.2, -0.15) is 0 Å². The molecule has 1 aromatic carbocycles. The van der Waals surface area contributed by atoms with Gasteiger partial charge in [-0.25, -0.2) is 4.39 Å². The van der Waals surface area contributed by atoms with E-state index in [9.17, 15) is 9.18 Å². The van der Waals surface area contributed by atoms with Crippen LogP contribution >= 0.6 is 0 Å². The Hall–Kier alpha value is -1.62. The lowest BCUT2D eigenvalue weighted by Crippen LogP contribution is -2.54. The van der Waals surface area contributed by atoms with Crippen LogP contribution in [-0.2, 0) is 11.3 Å². The van der Waals surface area contributed by atoms with Crippen LogP contribution in [0.15, 0.2) is 18.2 Å². The average Bonchev–Trinajstić information content (AvgIpc) is 2.34. The number of hydrogen-bond donors (Lipinski definition) is 2. The van der Waals surface area contributed by atoms with Crippen molar-refractivity contribution in [3.63, 3.8) is 0 Å². The van der Waals surface area contributed by atoms with Crippen molar-refractivity contribution < 1.29 is 9.18 Å². The van der Waals surface area contributed by atoms with Gasteiger partial charge < -0.3 is 15.5 Å². The van der Waals surface area contributed by atoms with Crippen molar-refractivity contribution in [2.24, 2.45) is 0 Å². The summed E-state index contributed by atoms with van der Waals surface area (Å²) >= 11 is 0. The molecule has 0 aliphatic carbocycles. The van der Waals surface area contributed by atoms with Gasteiger partial charge in [0.25, 0.3) is 0 Å². The molecule has 1 heterocycles. The molecule has 1 aromatic rings. The number of nitrogens with one attached hydrogen (secondary N) is 2. The Bertz CT molecular complexity index is 450. The Morgan fingerprint density at radius 3 is 3.06 bits per heavy atom. The van der Waals surface area contributed by atoms with Crippen LogP contribution in [0.1, 0.15) is 12.5 Å². The van der Waals surface area contributed by atoms with E-state index in [1.54, 1.807) is 13.0 Å². The third-order valence-corrected chi connectivity index (χ3v) is 3.22. The third-order valence-electron chi connectivity index (χ3n) is 3.22. The molecule has 1 amide bonds. The predicted octanol–water partition coefficient (Wildman–Crippen LogP) is 0.870. The topological polar surface area (TPSA) is 44.4 Å². The summed E-state index contributed by atoms with van der Waals surface area (Å²) in [6.07, 6.45) is 0. The molecule has 1 fully saturated rings. The molecule has 0 spiro atoms. The largest absolute Gasteiger partial charge is 0.355 e. The zero-order valence-corrected chi connectivity index (χ0v) is 10.7. The van der Waals surface area contributed by atoms with Crippen LogP contribution in [0.3, 0.4) is 0 Å². The first kappa shape index (κ1) is 12.8. The lowest BCUT2D eigenvalue weighted by molar-refractivity contribution is -0.122. The van der Waals surface area contributed by atoms with Crippen LogP contribution in [-0.4, -0.2) is 32.1 Å². The second kappa shape index (κ2) is 5.35. The van der Waals surface area contributed by atoms with Crippen LogP contribution in [0.5, 0.6) is 0 Å². The summed E-state index contributed by atoms with van der Waals surface area (Å²) < 4.78 is 14.1. The maximum atomic E-state index is 14.1. The van der Waals surface area contributed by atoms with Crippen molar-refractivity contribution in [2.45, 2.75) is 19.5 Å². The van der Waals surface area contributed by atoms with Gasteiger partial charge in [0.2, 0.25) is 5.91 Å². The first-order chi connectivity index (χ1) is 8.65. The second-order valence-electron chi connectivity index (χ2n) is 4.44. The molecule has 5 heteroatoms. The molecule has 1 unspecified atom stereocenters. The van der Waals surface area contributed by atoms with E-state index < -0.39 is 0 Å². The molecule has 1 aliphatic heterocycles. The molecule has 0 aromatic heterocycles. The summed E-state index contributed by atoms with van der Waals surface area (Å²) in [5.41, 5.74) is 1.41. The maximum absolute atomic E-state index is 14.1. The number of carbonyl (C=O) groups excluding carboxylic acids is 1. The summed E-state index contributed by atoms with van der Waals surface area (Å²) in [6, 6.07) is 4.67. The fourth-order valence-electron chi connectivity index (χ4n) is 2.30. The smallest absolute Gasteiger partial charge is 0.242 e. The minimum absolute atomic E-state index is 0.0556. The fourth-order valence-corrected chi connectivity index (χ4v) is 2.30. The number of benzene rings is 1. The van der Waals surface area contributed by atoms with Crippen molar-refractivity contribution in [3.8, 4) is 0 Å². The van der Waals surface area contributed by atoms with E-state index in [0.29, 0.717) is 25.3 Å². The molecular formula is C13H18FN3O. The van der Waals surface area contributed by atoms with Gasteiger partial charge in [0.1, 0.15) is 11.9 Å². The van der Waals surface area contributed by atoms with Gasteiger partial charge in [0.15, 0.2) is 0 Å². The zero-order valence-electron chi connectivity index (χ0n) is 10.7. The van der Waals surface area contributed by atoms with E-state index in [-0.39, 0.29) is 17.8 Å².